The van der Waals surface area contributed by atoms with Gasteiger partial charge in [-0.15, -0.1) is 0 Å². The minimum absolute atomic E-state index is 0.677. The molecule has 262 valence electrons. The molecule has 8 saturated carbocycles. The molecule has 1 spiro atoms. The fourth-order valence-corrected chi connectivity index (χ4v) is 17.6. The van der Waals surface area contributed by atoms with Crippen molar-refractivity contribution in [2.75, 3.05) is 0 Å². The van der Waals surface area contributed by atoms with Gasteiger partial charge in [-0.25, -0.2) is 0 Å². The Kier molecular flexibility index (Phi) is 9.57. The maximum absolute atomic E-state index is 2.72. The van der Waals surface area contributed by atoms with E-state index in [1.165, 1.54) is 25.7 Å². The van der Waals surface area contributed by atoms with Gasteiger partial charge in [0.15, 0.2) is 0 Å². The van der Waals surface area contributed by atoms with E-state index in [-0.39, 0.29) is 0 Å². The van der Waals surface area contributed by atoms with E-state index in [9.17, 15) is 0 Å². The van der Waals surface area contributed by atoms with Crippen LogP contribution in [0.4, 0.5) is 0 Å². The van der Waals surface area contributed by atoms with Crippen LogP contribution in [-0.2, 0) is 0 Å². The van der Waals surface area contributed by atoms with Gasteiger partial charge in [0.25, 0.3) is 0 Å². The van der Waals surface area contributed by atoms with Crippen LogP contribution in [0, 0.1) is 112 Å². The number of hydrogen-bond donors (Lipinski definition) is 0. The first-order valence-electron chi connectivity index (χ1n) is 22.4. The Morgan fingerprint density at radius 2 is 1.00 bits per heavy atom. The monoisotopic (exact) mass is 631 g/mol. The second-order valence-electron chi connectivity index (χ2n) is 20.6. The van der Waals surface area contributed by atoms with Gasteiger partial charge in [-0.05, 0) is 170 Å². The molecule has 0 aliphatic heterocycles. The molecule has 0 nitrogen and oxygen atoms in total. The molecule has 0 N–H and O–H groups in total. The highest BCUT2D eigenvalue weighted by atomic mass is 14.7. The van der Waals surface area contributed by atoms with Crippen molar-refractivity contribution in [3.8, 4) is 0 Å². The van der Waals surface area contributed by atoms with E-state index < -0.39 is 0 Å². The van der Waals surface area contributed by atoms with Crippen molar-refractivity contribution in [2.24, 2.45) is 112 Å². The molecule has 15 unspecified atom stereocenters. The summed E-state index contributed by atoms with van der Waals surface area (Å²) in [5.74, 6) is 19.1. The zero-order chi connectivity index (χ0) is 31.7. The van der Waals surface area contributed by atoms with Gasteiger partial charge in [0.2, 0.25) is 0 Å². The van der Waals surface area contributed by atoms with Gasteiger partial charge in [0.05, 0.1) is 0 Å². The van der Waals surface area contributed by atoms with Crippen LogP contribution in [0.15, 0.2) is 0 Å². The summed E-state index contributed by atoms with van der Waals surface area (Å²) in [6.07, 6.45) is 33.2. The predicted molar refractivity (Wildman–Crippen MR) is 196 cm³/mol. The molecule has 0 aromatic carbocycles. The molecule has 0 saturated heterocycles. The van der Waals surface area contributed by atoms with Crippen LogP contribution in [0.5, 0.6) is 0 Å². The van der Waals surface area contributed by atoms with Crippen LogP contribution in [0.1, 0.15) is 176 Å². The van der Waals surface area contributed by atoms with E-state index in [1.54, 1.807) is 109 Å². The Hall–Kier alpha value is 0. The summed E-state index contributed by atoms with van der Waals surface area (Å²) in [7, 11) is 0. The van der Waals surface area contributed by atoms with Crippen molar-refractivity contribution in [3.05, 3.63) is 0 Å². The first-order chi connectivity index (χ1) is 22.4. The average Bonchev–Trinajstić information content (AvgIpc) is 3.55. The summed E-state index contributed by atoms with van der Waals surface area (Å²) >= 11 is 0. The Labute approximate surface area is 287 Å². The molecule has 0 heteroatoms. The van der Waals surface area contributed by atoms with Crippen LogP contribution < -0.4 is 0 Å². The average molecular weight is 631 g/mol. The summed E-state index contributed by atoms with van der Waals surface area (Å²) in [6, 6.07) is 0. The molecule has 8 aliphatic carbocycles. The molecule has 0 bridgehead atoms. The number of hydrogen-bond acceptors (Lipinski definition) is 0. The second-order valence-corrected chi connectivity index (χ2v) is 20.6. The minimum Gasteiger partial charge on any atom is -0.0651 e. The Morgan fingerprint density at radius 3 is 1.54 bits per heavy atom. The highest BCUT2D eigenvalue weighted by molar-refractivity contribution is 5.19. The van der Waals surface area contributed by atoms with E-state index in [4.69, 9.17) is 0 Å². The maximum Gasteiger partial charge on any atom is -0.0227 e. The largest absolute Gasteiger partial charge is 0.0651 e. The molecule has 0 amide bonds. The molecule has 8 rings (SSSR count). The van der Waals surface area contributed by atoms with Crippen molar-refractivity contribution in [1.29, 1.82) is 0 Å². The van der Waals surface area contributed by atoms with E-state index in [2.05, 4.69) is 41.5 Å². The van der Waals surface area contributed by atoms with Gasteiger partial charge in [-0.1, -0.05) is 119 Å². The normalized spacial score (nSPS) is 51.5. The van der Waals surface area contributed by atoms with E-state index >= 15 is 0 Å². The molecule has 15 atom stereocenters. The molecule has 0 aromatic rings. The first kappa shape index (κ1) is 33.2. The Balaban J connectivity index is 1.24. The number of rotatable bonds is 7. The minimum atomic E-state index is 0.677. The topological polar surface area (TPSA) is 0 Å². The molecule has 46 heavy (non-hydrogen) atoms. The summed E-state index contributed by atoms with van der Waals surface area (Å²) in [6.45, 7) is 15.7. The third-order valence-electron chi connectivity index (χ3n) is 19.2. The van der Waals surface area contributed by atoms with Crippen LogP contribution in [0.3, 0.4) is 0 Å². The summed E-state index contributed by atoms with van der Waals surface area (Å²) in [5, 5.41) is 0. The highest BCUT2D eigenvalue weighted by Crippen LogP contribution is 2.77. The van der Waals surface area contributed by atoms with Gasteiger partial charge in [-0.3, -0.25) is 0 Å². The van der Waals surface area contributed by atoms with E-state index in [0.717, 1.165) is 107 Å². The zero-order valence-electron chi connectivity index (χ0n) is 31.7. The van der Waals surface area contributed by atoms with Crippen molar-refractivity contribution in [3.63, 3.8) is 0 Å². The van der Waals surface area contributed by atoms with Gasteiger partial charge in [0, 0.05) is 0 Å². The fraction of sp³-hybridized carbons (Fsp3) is 1.00. The lowest BCUT2D eigenvalue weighted by Gasteiger charge is -2.58. The standard InChI is InChI=1S/C46H78/c1-7-29(8-2)37-21-38(30(9-3)10-4)27-46(26-37)42-25-34-18-14-13-17-33(34)23-41(42)44-43-36(24-39(28(5)6)45(44)46)20-35-19-31-15-11-12-16-32(31)22-40(35)43/h28-45H,7-27H2,1-6H3. The molecule has 0 aromatic heterocycles. The first-order valence-corrected chi connectivity index (χ1v) is 22.4. The van der Waals surface area contributed by atoms with Crippen molar-refractivity contribution in [1.82, 2.24) is 0 Å². The summed E-state index contributed by atoms with van der Waals surface area (Å²) < 4.78 is 0. The van der Waals surface area contributed by atoms with Gasteiger partial charge in [-0.2, -0.15) is 0 Å². The molecule has 0 radical (unpaired) electrons. The lowest BCUT2D eigenvalue weighted by Crippen LogP contribution is -2.51. The Bertz CT molecular complexity index is 995. The molecule has 0 heterocycles. The predicted octanol–water partition coefficient (Wildman–Crippen LogP) is 13.5. The van der Waals surface area contributed by atoms with Crippen LogP contribution in [-0.4, -0.2) is 0 Å². The van der Waals surface area contributed by atoms with Crippen LogP contribution in [0.25, 0.3) is 0 Å². The highest BCUT2D eigenvalue weighted by Gasteiger charge is 2.70. The third kappa shape index (κ3) is 5.29. The van der Waals surface area contributed by atoms with E-state index in [1.807, 2.05) is 0 Å². The quantitative estimate of drug-likeness (QED) is 0.262. The fourth-order valence-electron chi connectivity index (χ4n) is 17.6. The molecular weight excluding hydrogens is 553 g/mol. The van der Waals surface area contributed by atoms with Crippen molar-refractivity contribution in [2.45, 2.75) is 176 Å². The van der Waals surface area contributed by atoms with Crippen LogP contribution >= 0.6 is 0 Å². The molecule has 8 fully saturated rings. The third-order valence-corrected chi connectivity index (χ3v) is 19.2. The van der Waals surface area contributed by atoms with Gasteiger partial charge in [0.1, 0.15) is 0 Å². The summed E-state index contributed by atoms with van der Waals surface area (Å²) in [5.41, 5.74) is 0.677. The molecular formula is C46H78. The Morgan fingerprint density at radius 1 is 0.500 bits per heavy atom. The number of fused-ring (bicyclic) bond motifs is 11. The second kappa shape index (κ2) is 13.3. The maximum atomic E-state index is 2.72. The zero-order valence-corrected chi connectivity index (χ0v) is 31.7. The van der Waals surface area contributed by atoms with Crippen molar-refractivity contribution < 1.29 is 0 Å². The molecule has 8 aliphatic rings. The lowest BCUT2D eigenvalue weighted by molar-refractivity contribution is -0.0923. The van der Waals surface area contributed by atoms with E-state index in [0.29, 0.717) is 5.41 Å². The SMILES string of the molecule is CCC(CC)C1CC(C(CC)CC)CC2(C1)C1CC3CCCCC3CC1C1C3C(CC4CC5CCCCC5CC43)CC(C(C)C)C12. The smallest absolute Gasteiger partial charge is 0.0227 e. The van der Waals surface area contributed by atoms with Crippen molar-refractivity contribution >= 4 is 0 Å². The summed E-state index contributed by atoms with van der Waals surface area (Å²) in [4.78, 5) is 0. The lowest BCUT2D eigenvalue weighted by atomic mass is 9.47. The van der Waals surface area contributed by atoms with Gasteiger partial charge < -0.3 is 0 Å². The van der Waals surface area contributed by atoms with Gasteiger partial charge >= 0.3 is 0 Å². The van der Waals surface area contributed by atoms with Crippen LogP contribution in [0.2, 0.25) is 0 Å².